The predicted octanol–water partition coefficient (Wildman–Crippen LogP) is 3.94. The third kappa shape index (κ3) is 4.57. The lowest BCUT2D eigenvalue weighted by molar-refractivity contribution is -0.207. The molecule has 0 spiro atoms. The van der Waals surface area contributed by atoms with E-state index >= 15 is 0 Å². The molecular weight excluding hydrogens is 432 g/mol. The number of aliphatic hydroxyl groups excluding tert-OH is 3. The number of hydrogen-bond acceptors (Lipinski definition) is 6. The van der Waals surface area contributed by atoms with Crippen LogP contribution in [0.4, 0.5) is 0 Å². The highest BCUT2D eigenvalue weighted by Gasteiger charge is 2.65. The smallest absolute Gasteiger partial charge is 0.305 e. The van der Waals surface area contributed by atoms with Gasteiger partial charge in [-0.1, -0.05) is 20.8 Å². The van der Waals surface area contributed by atoms with Crippen LogP contribution in [0.1, 0.15) is 85.5 Å². The van der Waals surface area contributed by atoms with Crippen molar-refractivity contribution < 1.29 is 29.6 Å². The summed E-state index contributed by atoms with van der Waals surface area (Å²) in [5.41, 5.74) is -0.127. The SMILES string of the molecule is CCOCCOC(=O)CC[C@@H](C)[C@H]1CC[C@H]2[C@@H]3[C@H](O)C[C@@H]4C[C@H](O)CC[C@]4(C)[C@H]3C[C@H](O)[C@]12C. The van der Waals surface area contributed by atoms with Crippen molar-refractivity contribution in [1.82, 2.24) is 0 Å². The van der Waals surface area contributed by atoms with E-state index in [-0.39, 0.29) is 41.0 Å². The Labute approximate surface area is 205 Å². The normalized spacial score (nSPS) is 46.8. The zero-order valence-electron chi connectivity index (χ0n) is 21.7. The Morgan fingerprint density at radius 2 is 1.79 bits per heavy atom. The summed E-state index contributed by atoms with van der Waals surface area (Å²) in [5.74, 6) is 1.68. The number of rotatable bonds is 8. The van der Waals surface area contributed by atoms with Gasteiger partial charge in [0.2, 0.25) is 0 Å². The van der Waals surface area contributed by atoms with Crippen LogP contribution in [0.15, 0.2) is 0 Å². The average molecular weight is 481 g/mol. The first kappa shape index (κ1) is 26.4. The van der Waals surface area contributed by atoms with Gasteiger partial charge in [-0.05, 0) is 105 Å². The molecule has 0 amide bonds. The van der Waals surface area contributed by atoms with E-state index < -0.39 is 0 Å². The maximum atomic E-state index is 12.2. The standard InChI is InChI=1S/C28H48O6/c1-5-33-12-13-34-25(32)9-6-17(2)20-7-8-21-26-22(16-24(31)28(20,21)4)27(3)11-10-19(29)14-18(27)15-23(26)30/h17-24,26,29-31H,5-16H2,1-4H3/t17-,18+,19-,20-,21+,22+,23-,24+,26+,27+,28-/m1/s1. The Morgan fingerprint density at radius 3 is 2.53 bits per heavy atom. The number of esters is 1. The lowest BCUT2D eigenvalue weighted by Gasteiger charge is -2.63. The Morgan fingerprint density at radius 1 is 1.03 bits per heavy atom. The van der Waals surface area contributed by atoms with Gasteiger partial charge < -0.3 is 24.8 Å². The Hall–Kier alpha value is -0.690. The van der Waals surface area contributed by atoms with Gasteiger partial charge in [0, 0.05) is 13.0 Å². The monoisotopic (exact) mass is 480 g/mol. The Balaban J connectivity index is 1.43. The maximum Gasteiger partial charge on any atom is 0.305 e. The van der Waals surface area contributed by atoms with Crippen molar-refractivity contribution in [2.24, 2.45) is 46.3 Å². The average Bonchev–Trinajstić information content (AvgIpc) is 3.15. The van der Waals surface area contributed by atoms with Gasteiger partial charge in [0.25, 0.3) is 0 Å². The zero-order valence-corrected chi connectivity index (χ0v) is 21.7. The minimum Gasteiger partial charge on any atom is -0.463 e. The van der Waals surface area contributed by atoms with Gasteiger partial charge in [-0.25, -0.2) is 0 Å². The first-order valence-corrected chi connectivity index (χ1v) is 13.9. The minimum atomic E-state index is -0.388. The second kappa shape index (κ2) is 10.4. The van der Waals surface area contributed by atoms with E-state index in [9.17, 15) is 20.1 Å². The second-order valence-corrected chi connectivity index (χ2v) is 12.5. The van der Waals surface area contributed by atoms with Gasteiger partial charge in [0.05, 0.1) is 24.9 Å². The number of aliphatic hydroxyl groups is 3. The van der Waals surface area contributed by atoms with Crippen molar-refractivity contribution in [3.05, 3.63) is 0 Å². The van der Waals surface area contributed by atoms with E-state index in [1.54, 1.807) is 0 Å². The molecule has 0 radical (unpaired) electrons. The summed E-state index contributed by atoms with van der Waals surface area (Å²) in [6, 6.07) is 0. The highest BCUT2D eigenvalue weighted by Crippen LogP contribution is 2.68. The summed E-state index contributed by atoms with van der Waals surface area (Å²) in [4.78, 5) is 12.2. The first-order chi connectivity index (χ1) is 16.1. The third-order valence-corrected chi connectivity index (χ3v) is 11.0. The number of carbonyl (C=O) groups is 1. The quantitative estimate of drug-likeness (QED) is 0.360. The van der Waals surface area contributed by atoms with Gasteiger partial charge in [-0.3, -0.25) is 4.79 Å². The van der Waals surface area contributed by atoms with E-state index in [1.165, 1.54) is 0 Å². The number of fused-ring (bicyclic) bond motifs is 5. The van der Waals surface area contributed by atoms with Crippen molar-refractivity contribution in [3.63, 3.8) is 0 Å². The molecule has 0 aliphatic heterocycles. The molecule has 11 atom stereocenters. The fourth-order valence-corrected chi connectivity index (χ4v) is 9.11. The van der Waals surface area contributed by atoms with Gasteiger partial charge >= 0.3 is 5.97 Å². The molecule has 6 heteroatoms. The molecule has 0 bridgehead atoms. The maximum absolute atomic E-state index is 12.2. The molecule has 34 heavy (non-hydrogen) atoms. The van der Waals surface area contributed by atoms with Gasteiger partial charge in [-0.2, -0.15) is 0 Å². The van der Waals surface area contributed by atoms with Crippen LogP contribution in [-0.2, 0) is 14.3 Å². The summed E-state index contributed by atoms with van der Waals surface area (Å²) < 4.78 is 10.5. The number of carbonyl (C=O) groups excluding carboxylic acids is 1. The van der Waals surface area contributed by atoms with Crippen molar-refractivity contribution in [2.45, 2.75) is 104 Å². The van der Waals surface area contributed by atoms with Crippen LogP contribution in [0.25, 0.3) is 0 Å². The number of hydrogen-bond donors (Lipinski definition) is 3. The molecular formula is C28H48O6. The van der Waals surface area contributed by atoms with Crippen LogP contribution >= 0.6 is 0 Å². The Bertz CT molecular complexity index is 713. The highest BCUT2D eigenvalue weighted by atomic mass is 16.6. The molecule has 4 saturated carbocycles. The molecule has 0 aromatic rings. The minimum absolute atomic E-state index is 0.0976. The van der Waals surface area contributed by atoms with E-state index in [2.05, 4.69) is 20.8 Å². The largest absolute Gasteiger partial charge is 0.463 e. The third-order valence-electron chi connectivity index (χ3n) is 11.0. The van der Waals surface area contributed by atoms with Gasteiger partial charge in [0.1, 0.15) is 6.61 Å². The summed E-state index contributed by atoms with van der Waals surface area (Å²) in [6.07, 6.45) is 6.43. The van der Waals surface area contributed by atoms with Gasteiger partial charge in [0.15, 0.2) is 0 Å². The summed E-state index contributed by atoms with van der Waals surface area (Å²) in [5, 5.41) is 33.3. The molecule has 0 aromatic carbocycles. The first-order valence-electron chi connectivity index (χ1n) is 13.9. The van der Waals surface area contributed by atoms with Gasteiger partial charge in [-0.15, -0.1) is 0 Å². The molecule has 0 heterocycles. The van der Waals surface area contributed by atoms with E-state index in [0.717, 1.165) is 51.4 Å². The molecule has 3 N–H and O–H groups in total. The highest BCUT2D eigenvalue weighted by molar-refractivity contribution is 5.69. The second-order valence-electron chi connectivity index (χ2n) is 12.5. The molecule has 4 rings (SSSR count). The summed E-state index contributed by atoms with van der Waals surface area (Å²) >= 11 is 0. The van der Waals surface area contributed by atoms with E-state index in [4.69, 9.17) is 9.47 Å². The van der Waals surface area contributed by atoms with E-state index in [1.807, 2.05) is 6.92 Å². The van der Waals surface area contributed by atoms with Crippen LogP contribution in [-0.4, -0.2) is 59.4 Å². The lowest BCUT2D eigenvalue weighted by atomic mass is 9.43. The molecule has 4 fully saturated rings. The molecule has 6 nitrogen and oxygen atoms in total. The lowest BCUT2D eigenvalue weighted by Crippen LogP contribution is -2.62. The van der Waals surface area contributed by atoms with Crippen LogP contribution in [0.5, 0.6) is 0 Å². The molecule has 0 saturated heterocycles. The van der Waals surface area contributed by atoms with Crippen molar-refractivity contribution >= 4 is 5.97 Å². The number of ether oxygens (including phenoxy) is 2. The summed E-state index contributed by atoms with van der Waals surface area (Å²) in [7, 11) is 0. The van der Waals surface area contributed by atoms with Crippen molar-refractivity contribution in [3.8, 4) is 0 Å². The van der Waals surface area contributed by atoms with Crippen LogP contribution in [0, 0.1) is 46.3 Å². The van der Waals surface area contributed by atoms with E-state index in [0.29, 0.717) is 55.8 Å². The predicted molar refractivity (Wildman–Crippen MR) is 130 cm³/mol. The van der Waals surface area contributed by atoms with Crippen molar-refractivity contribution in [2.75, 3.05) is 19.8 Å². The molecule has 0 unspecified atom stereocenters. The molecule has 4 aliphatic rings. The molecule has 0 aromatic heterocycles. The Kier molecular flexibility index (Phi) is 8.03. The van der Waals surface area contributed by atoms with Crippen LogP contribution < -0.4 is 0 Å². The van der Waals surface area contributed by atoms with Crippen LogP contribution in [0.2, 0.25) is 0 Å². The fraction of sp³-hybridized carbons (Fsp3) is 0.964. The van der Waals surface area contributed by atoms with Crippen LogP contribution in [0.3, 0.4) is 0 Å². The molecule has 4 aliphatic carbocycles. The summed E-state index contributed by atoms with van der Waals surface area (Å²) in [6.45, 7) is 10.1. The fourth-order valence-electron chi connectivity index (χ4n) is 9.11. The topological polar surface area (TPSA) is 96.2 Å². The molecule has 196 valence electrons. The zero-order chi connectivity index (χ0) is 24.7. The van der Waals surface area contributed by atoms with Crippen molar-refractivity contribution in [1.29, 1.82) is 0 Å².